The molecule has 110 valence electrons. The van der Waals surface area contributed by atoms with Gasteiger partial charge in [-0.1, -0.05) is 0 Å². The van der Waals surface area contributed by atoms with E-state index in [0.717, 1.165) is 4.90 Å². The molecule has 0 saturated carbocycles. The highest BCUT2D eigenvalue weighted by Crippen LogP contribution is 2.20. The van der Waals surface area contributed by atoms with E-state index < -0.39 is 29.9 Å². The average molecular weight is 291 g/mol. The SMILES string of the molecule is CC(C(=O)O)N(C)C(=O)Nc1ccc2c(c1)C(=O)NC2=O. The number of amides is 4. The highest BCUT2D eigenvalue weighted by atomic mass is 16.4. The zero-order valence-electron chi connectivity index (χ0n) is 11.3. The Balaban J connectivity index is 2.16. The number of carbonyl (C=O) groups is 4. The Kier molecular flexibility index (Phi) is 3.62. The van der Waals surface area contributed by atoms with Crippen molar-refractivity contribution in [3.05, 3.63) is 29.3 Å². The molecular weight excluding hydrogens is 278 g/mol. The largest absolute Gasteiger partial charge is 0.480 e. The van der Waals surface area contributed by atoms with Crippen molar-refractivity contribution >= 4 is 29.5 Å². The van der Waals surface area contributed by atoms with E-state index in [1.807, 2.05) is 0 Å². The number of anilines is 1. The number of carboxylic acids is 1. The molecule has 0 bridgehead atoms. The Bertz CT molecular complexity index is 655. The number of imide groups is 1. The summed E-state index contributed by atoms with van der Waals surface area (Å²) in [7, 11) is 1.34. The highest BCUT2D eigenvalue weighted by molar-refractivity contribution is 6.22. The third-order valence-corrected chi connectivity index (χ3v) is 3.25. The molecule has 1 heterocycles. The standard InChI is InChI=1S/C13H13N3O5/c1-6(12(19)20)16(2)13(21)14-7-3-4-8-9(5-7)11(18)15-10(8)17/h3-6H,1-2H3,(H,14,21)(H,19,20)(H,15,17,18). The van der Waals surface area contributed by atoms with Crippen molar-refractivity contribution in [3.8, 4) is 0 Å². The first-order chi connectivity index (χ1) is 9.81. The van der Waals surface area contributed by atoms with Gasteiger partial charge in [0.15, 0.2) is 0 Å². The van der Waals surface area contributed by atoms with Gasteiger partial charge in [-0.2, -0.15) is 0 Å². The first-order valence-electron chi connectivity index (χ1n) is 6.07. The second-order valence-electron chi connectivity index (χ2n) is 4.60. The van der Waals surface area contributed by atoms with Crippen LogP contribution in [0.5, 0.6) is 0 Å². The zero-order chi connectivity index (χ0) is 15.7. The van der Waals surface area contributed by atoms with Crippen molar-refractivity contribution in [3.63, 3.8) is 0 Å². The lowest BCUT2D eigenvalue weighted by atomic mass is 10.1. The van der Waals surface area contributed by atoms with Crippen LogP contribution in [0, 0.1) is 0 Å². The van der Waals surface area contributed by atoms with Gasteiger partial charge in [-0.25, -0.2) is 9.59 Å². The number of rotatable bonds is 3. The van der Waals surface area contributed by atoms with Gasteiger partial charge in [-0.3, -0.25) is 14.9 Å². The van der Waals surface area contributed by atoms with E-state index in [4.69, 9.17) is 5.11 Å². The predicted molar refractivity (Wildman–Crippen MR) is 72.1 cm³/mol. The number of nitrogens with zero attached hydrogens (tertiary/aromatic N) is 1. The van der Waals surface area contributed by atoms with Crippen LogP contribution in [0.1, 0.15) is 27.6 Å². The van der Waals surface area contributed by atoms with Crippen LogP contribution in [0.15, 0.2) is 18.2 Å². The average Bonchev–Trinajstić information content (AvgIpc) is 2.72. The number of hydrogen-bond acceptors (Lipinski definition) is 4. The normalized spacial score (nSPS) is 14.2. The number of aliphatic carboxylic acids is 1. The lowest BCUT2D eigenvalue weighted by Crippen LogP contribution is -2.42. The number of nitrogens with one attached hydrogen (secondary N) is 2. The fourth-order valence-corrected chi connectivity index (χ4v) is 1.80. The monoisotopic (exact) mass is 291 g/mol. The maximum atomic E-state index is 11.9. The zero-order valence-corrected chi connectivity index (χ0v) is 11.3. The number of carbonyl (C=O) groups excluding carboxylic acids is 3. The molecule has 21 heavy (non-hydrogen) atoms. The predicted octanol–water partition coefficient (Wildman–Crippen LogP) is 0.507. The van der Waals surface area contributed by atoms with E-state index in [-0.39, 0.29) is 11.1 Å². The minimum Gasteiger partial charge on any atom is -0.480 e. The number of hydrogen-bond donors (Lipinski definition) is 3. The molecule has 4 amide bonds. The van der Waals surface area contributed by atoms with Gasteiger partial charge in [0.2, 0.25) is 0 Å². The number of fused-ring (bicyclic) bond motifs is 1. The molecule has 8 nitrogen and oxygen atoms in total. The van der Waals surface area contributed by atoms with E-state index in [2.05, 4.69) is 10.6 Å². The van der Waals surface area contributed by atoms with Crippen LogP contribution in [0.25, 0.3) is 0 Å². The lowest BCUT2D eigenvalue weighted by Gasteiger charge is -2.21. The van der Waals surface area contributed by atoms with Crippen molar-refractivity contribution in [1.82, 2.24) is 10.2 Å². The molecule has 1 unspecified atom stereocenters. The second kappa shape index (κ2) is 5.23. The second-order valence-corrected chi connectivity index (χ2v) is 4.60. The summed E-state index contributed by atoms with van der Waals surface area (Å²) in [5.41, 5.74) is 0.713. The van der Waals surface area contributed by atoms with Crippen LogP contribution >= 0.6 is 0 Å². The van der Waals surface area contributed by atoms with E-state index in [0.29, 0.717) is 5.69 Å². The maximum Gasteiger partial charge on any atom is 0.326 e. The fourth-order valence-electron chi connectivity index (χ4n) is 1.80. The van der Waals surface area contributed by atoms with Crippen molar-refractivity contribution in [2.75, 3.05) is 12.4 Å². The minimum absolute atomic E-state index is 0.173. The molecule has 1 aliphatic heterocycles. The summed E-state index contributed by atoms with van der Waals surface area (Å²) in [6.07, 6.45) is 0. The number of benzene rings is 1. The van der Waals surface area contributed by atoms with Crippen molar-refractivity contribution < 1.29 is 24.3 Å². The molecular formula is C13H13N3O5. The van der Waals surface area contributed by atoms with Gasteiger partial charge in [-0.15, -0.1) is 0 Å². The molecule has 0 fully saturated rings. The summed E-state index contributed by atoms with van der Waals surface area (Å²) in [5, 5.41) is 13.5. The number of likely N-dealkylation sites (N-methyl/N-ethyl adjacent to an activating group) is 1. The van der Waals surface area contributed by atoms with Gasteiger partial charge in [0.1, 0.15) is 6.04 Å². The Labute approximate surface area is 119 Å². The molecule has 0 aliphatic carbocycles. The van der Waals surface area contributed by atoms with Crippen LogP contribution < -0.4 is 10.6 Å². The van der Waals surface area contributed by atoms with E-state index in [9.17, 15) is 19.2 Å². The van der Waals surface area contributed by atoms with Gasteiger partial charge in [0.25, 0.3) is 11.8 Å². The minimum atomic E-state index is -1.13. The molecule has 2 rings (SSSR count). The number of urea groups is 1. The smallest absolute Gasteiger partial charge is 0.326 e. The first kappa shape index (κ1) is 14.5. The molecule has 0 spiro atoms. The Morgan fingerprint density at radius 1 is 1.24 bits per heavy atom. The highest BCUT2D eigenvalue weighted by Gasteiger charge is 2.27. The Morgan fingerprint density at radius 2 is 1.86 bits per heavy atom. The molecule has 0 aromatic heterocycles. The molecule has 1 aliphatic rings. The summed E-state index contributed by atoms with van der Waals surface area (Å²) in [6, 6.07) is 2.63. The summed E-state index contributed by atoms with van der Waals surface area (Å²) >= 11 is 0. The molecule has 1 aromatic carbocycles. The summed E-state index contributed by atoms with van der Waals surface area (Å²) in [4.78, 5) is 46.6. The summed E-state index contributed by atoms with van der Waals surface area (Å²) in [5.74, 6) is -2.14. The van der Waals surface area contributed by atoms with Crippen molar-refractivity contribution in [2.45, 2.75) is 13.0 Å². The molecule has 8 heteroatoms. The third-order valence-electron chi connectivity index (χ3n) is 3.25. The fraction of sp³-hybridized carbons (Fsp3) is 0.231. The number of carboxylic acid groups (broad SMARTS) is 1. The third kappa shape index (κ3) is 2.69. The van der Waals surface area contributed by atoms with Gasteiger partial charge in [-0.05, 0) is 25.1 Å². The topological polar surface area (TPSA) is 116 Å². The summed E-state index contributed by atoms with van der Waals surface area (Å²) < 4.78 is 0. The Hall–Kier alpha value is -2.90. The van der Waals surface area contributed by atoms with Crippen LogP contribution in [-0.4, -0.2) is 46.9 Å². The van der Waals surface area contributed by atoms with E-state index in [1.54, 1.807) is 0 Å². The van der Waals surface area contributed by atoms with Crippen LogP contribution in [0.4, 0.5) is 10.5 Å². The van der Waals surface area contributed by atoms with Gasteiger partial charge < -0.3 is 15.3 Å². The van der Waals surface area contributed by atoms with Crippen LogP contribution in [0.2, 0.25) is 0 Å². The van der Waals surface area contributed by atoms with Crippen LogP contribution in [0.3, 0.4) is 0 Å². The lowest BCUT2D eigenvalue weighted by molar-refractivity contribution is -0.141. The van der Waals surface area contributed by atoms with Gasteiger partial charge >= 0.3 is 12.0 Å². The van der Waals surface area contributed by atoms with Crippen molar-refractivity contribution in [2.24, 2.45) is 0 Å². The van der Waals surface area contributed by atoms with Crippen molar-refractivity contribution in [1.29, 1.82) is 0 Å². The molecule has 0 radical (unpaired) electrons. The maximum absolute atomic E-state index is 11.9. The van der Waals surface area contributed by atoms with Gasteiger partial charge in [0, 0.05) is 12.7 Å². The first-order valence-corrected chi connectivity index (χ1v) is 6.07. The molecule has 1 aromatic rings. The Morgan fingerprint density at radius 3 is 2.48 bits per heavy atom. The molecule has 3 N–H and O–H groups in total. The van der Waals surface area contributed by atoms with E-state index >= 15 is 0 Å². The van der Waals surface area contributed by atoms with Gasteiger partial charge in [0.05, 0.1) is 11.1 Å². The summed E-state index contributed by atoms with van der Waals surface area (Å²) in [6.45, 7) is 1.37. The molecule has 1 atom stereocenters. The molecule has 0 saturated heterocycles. The van der Waals surface area contributed by atoms with E-state index in [1.165, 1.54) is 32.2 Å². The van der Waals surface area contributed by atoms with Crippen LogP contribution in [-0.2, 0) is 4.79 Å². The quantitative estimate of drug-likeness (QED) is 0.701.